The minimum absolute atomic E-state index is 1.01. The Morgan fingerprint density at radius 3 is 0.714 bits per heavy atom. The number of hydrogen-bond acceptors (Lipinski definition) is 5. The lowest BCUT2D eigenvalue weighted by atomic mass is 9.98. The minimum Gasteiger partial charge on any atom is -0.302 e. The Bertz CT molecular complexity index is 1460. The predicted molar refractivity (Wildman–Crippen MR) is 96.6 cm³/mol. The average Bonchev–Trinajstić information content (AvgIpc) is 2.88. The lowest BCUT2D eigenvalue weighted by molar-refractivity contribution is -0.435. The topological polar surface area (TPSA) is 61.8 Å². The molecular weight excluding hydrogens is 966 g/mol. The molecule has 0 bridgehead atoms. The summed E-state index contributed by atoms with van der Waals surface area (Å²) < 4.78 is 479. The van der Waals surface area contributed by atoms with Crippen molar-refractivity contribution in [2.24, 2.45) is 0 Å². The second-order valence-electron chi connectivity index (χ2n) is 9.39. The van der Waals surface area contributed by atoms with Gasteiger partial charge in [-0.25, -0.2) is 8.42 Å². The lowest BCUT2D eigenvalue weighted by Crippen LogP contribution is -2.79. The van der Waals surface area contributed by atoms with Crippen LogP contribution >= 0.6 is 0 Å². The van der Waals surface area contributed by atoms with E-state index in [4.69, 9.17) is 0 Å². The summed E-state index contributed by atoms with van der Waals surface area (Å²) in [6.07, 6.45) is -60.2. The first kappa shape index (κ1) is 53.7. The van der Waals surface area contributed by atoms with Crippen molar-refractivity contribution in [2.45, 2.75) is 88.7 Å². The molecule has 0 fully saturated rings. The first-order valence-corrected chi connectivity index (χ1v) is 14.3. The lowest BCUT2D eigenvalue weighted by Gasteiger charge is -2.44. The molecule has 0 saturated carbocycles. The van der Waals surface area contributed by atoms with Crippen LogP contribution in [0.5, 0.6) is 0 Å². The molecule has 0 aromatic rings. The molecule has 338 valence electrons. The molecule has 0 aliphatic heterocycles. The van der Waals surface area contributed by atoms with Crippen LogP contribution in [-0.2, 0) is 23.1 Å². The van der Waals surface area contributed by atoms with E-state index in [9.17, 15) is 158 Å². The van der Waals surface area contributed by atoms with Gasteiger partial charge in [-0.1, -0.05) is 0 Å². The van der Waals surface area contributed by atoms with E-state index < -0.39 is 107 Å². The third kappa shape index (κ3) is 7.54. The number of sulfone groups is 1. The molecular formula is C15F34O5SSi. The van der Waals surface area contributed by atoms with Gasteiger partial charge in [0.25, 0.3) is 9.84 Å². The normalized spacial score (nSPS) is 17.1. The zero-order valence-electron chi connectivity index (χ0n) is 23.3. The molecule has 0 atom stereocenters. The molecule has 0 aromatic carbocycles. The Hall–Kier alpha value is -2.33. The van der Waals surface area contributed by atoms with E-state index in [1.807, 2.05) is 0 Å². The van der Waals surface area contributed by atoms with Gasteiger partial charge in [0.2, 0.25) is 0 Å². The van der Waals surface area contributed by atoms with Crippen molar-refractivity contribution in [3.05, 3.63) is 0 Å². The van der Waals surface area contributed by atoms with E-state index >= 15 is 0 Å². The summed E-state index contributed by atoms with van der Waals surface area (Å²) in [5.74, 6) is -48.4. The van der Waals surface area contributed by atoms with E-state index in [0.29, 0.717) is 0 Å². The van der Waals surface area contributed by atoms with E-state index in [0.717, 1.165) is 13.3 Å². The molecule has 0 aliphatic carbocycles. The standard InChI is InChI=1S/C15F34O5SSi/c16-1(17,3(20,21)6(26,27)28)2(18,19)4(22,23)13(44,45)55(50,51)14(46,47)5(24,25)15(48,49)56(52-10(38,39)7(29,30)31,53-11(40,41)8(32,33)34)54-12(42,43)9(35,36)37. The molecule has 0 amide bonds. The molecule has 0 saturated heterocycles. The van der Waals surface area contributed by atoms with Crippen LogP contribution in [0.25, 0.3) is 0 Å². The van der Waals surface area contributed by atoms with Crippen LogP contribution in [0.15, 0.2) is 0 Å². The summed E-state index contributed by atoms with van der Waals surface area (Å²) in [6, 6.07) is 0. The summed E-state index contributed by atoms with van der Waals surface area (Å²) in [4.78, 5) is 0. The second kappa shape index (κ2) is 13.3. The maximum Gasteiger partial charge on any atom is 0.595 e. The fraction of sp³-hybridized carbons (Fsp3) is 1.00. The van der Waals surface area contributed by atoms with Crippen LogP contribution < -0.4 is 0 Å². The SMILES string of the molecule is O=S(=O)(C(F)(F)C(F)(F)C(F)(F)C(F)(F)C(F)(F)C(F)(F)F)C(F)(F)C(F)(F)C(F)(F)[Si](OC(F)(F)C(F)(F)F)(OC(F)(F)C(F)(F)F)OC(F)(F)C(F)(F)F. The van der Waals surface area contributed by atoms with Crippen molar-refractivity contribution in [3.63, 3.8) is 0 Å². The zero-order valence-corrected chi connectivity index (χ0v) is 25.1. The van der Waals surface area contributed by atoms with E-state index in [1.165, 1.54) is 0 Å². The largest absolute Gasteiger partial charge is 0.595 e. The smallest absolute Gasteiger partial charge is 0.302 e. The highest BCUT2D eigenvalue weighted by Crippen LogP contribution is 2.65. The Morgan fingerprint density at radius 1 is 0.286 bits per heavy atom. The number of rotatable bonds is 15. The summed E-state index contributed by atoms with van der Waals surface area (Å²) in [5.41, 5.74) is -10.2. The van der Waals surface area contributed by atoms with Gasteiger partial charge in [-0.05, 0) is 0 Å². The second-order valence-corrected chi connectivity index (χ2v) is 13.8. The van der Waals surface area contributed by atoms with Gasteiger partial charge in [0, 0.05) is 0 Å². The fourth-order valence-corrected chi connectivity index (χ4v) is 6.32. The number of hydrogen-bond donors (Lipinski definition) is 0. The Balaban J connectivity index is 8.65. The van der Waals surface area contributed by atoms with Crippen LogP contribution in [-0.4, -0.2) is 106 Å². The maximum absolute atomic E-state index is 14.9. The van der Waals surface area contributed by atoms with Gasteiger partial charge in [-0.3, -0.25) is 0 Å². The van der Waals surface area contributed by atoms with Crippen molar-refractivity contribution >= 4 is 18.6 Å². The molecule has 0 radical (unpaired) electrons. The van der Waals surface area contributed by atoms with E-state index in [1.54, 1.807) is 0 Å². The van der Waals surface area contributed by atoms with Crippen LogP contribution in [0.2, 0.25) is 0 Å². The Kier molecular flexibility index (Phi) is 12.8. The van der Waals surface area contributed by atoms with Crippen LogP contribution in [0.1, 0.15) is 0 Å². The molecule has 0 aromatic heterocycles. The third-order valence-electron chi connectivity index (χ3n) is 5.50. The van der Waals surface area contributed by atoms with Crippen LogP contribution in [0, 0.1) is 0 Å². The molecule has 0 heterocycles. The highest BCUT2D eigenvalue weighted by Gasteiger charge is 2.98. The van der Waals surface area contributed by atoms with Crippen molar-refractivity contribution < 1.29 is 171 Å². The van der Waals surface area contributed by atoms with E-state index in [-0.39, 0.29) is 0 Å². The van der Waals surface area contributed by atoms with Crippen molar-refractivity contribution in [1.29, 1.82) is 0 Å². The summed E-state index contributed by atoms with van der Waals surface area (Å²) in [6.45, 7) is 0. The highest BCUT2D eigenvalue weighted by molar-refractivity contribution is 7.93. The van der Waals surface area contributed by atoms with Gasteiger partial charge in [-0.2, -0.15) is 149 Å². The number of alkyl halides is 34. The van der Waals surface area contributed by atoms with Gasteiger partial charge in [-0.15, -0.1) is 0 Å². The molecule has 0 aliphatic rings. The molecule has 5 nitrogen and oxygen atoms in total. The molecule has 0 unspecified atom stereocenters. The van der Waals surface area contributed by atoms with Gasteiger partial charge >= 0.3 is 97.5 Å². The molecule has 41 heteroatoms. The zero-order chi connectivity index (χ0) is 46.6. The van der Waals surface area contributed by atoms with Crippen molar-refractivity contribution in [3.8, 4) is 0 Å². The molecule has 0 spiro atoms. The fourth-order valence-electron chi connectivity index (χ4n) is 2.56. The van der Waals surface area contributed by atoms with Gasteiger partial charge in [0.15, 0.2) is 0 Å². The summed E-state index contributed by atoms with van der Waals surface area (Å²) in [7, 11) is -23.2. The highest BCUT2D eigenvalue weighted by atomic mass is 32.2. The molecule has 0 N–H and O–H groups in total. The summed E-state index contributed by atoms with van der Waals surface area (Å²) >= 11 is 0. The van der Waals surface area contributed by atoms with Gasteiger partial charge in [0.1, 0.15) is 0 Å². The van der Waals surface area contributed by atoms with E-state index in [2.05, 4.69) is 0 Å². The first-order valence-electron chi connectivity index (χ1n) is 11.1. The minimum atomic E-state index is -12.0. The Morgan fingerprint density at radius 2 is 0.500 bits per heavy atom. The van der Waals surface area contributed by atoms with Crippen molar-refractivity contribution in [2.75, 3.05) is 0 Å². The molecule has 0 rings (SSSR count). The average molecular weight is 966 g/mol. The monoisotopic (exact) mass is 966 g/mol. The maximum atomic E-state index is 14.9. The first-order chi connectivity index (χ1) is 23.4. The predicted octanol–water partition coefficient (Wildman–Crippen LogP) is 9.95. The van der Waals surface area contributed by atoms with Gasteiger partial charge < -0.3 is 13.3 Å². The van der Waals surface area contributed by atoms with Crippen LogP contribution in [0.3, 0.4) is 0 Å². The quantitative estimate of drug-likeness (QED) is 0.121. The molecule has 56 heavy (non-hydrogen) atoms. The number of halogens is 34. The Labute approximate surface area is 279 Å². The van der Waals surface area contributed by atoms with Crippen molar-refractivity contribution in [1.82, 2.24) is 0 Å². The van der Waals surface area contributed by atoms with Crippen LogP contribution in [0.4, 0.5) is 149 Å². The van der Waals surface area contributed by atoms with Gasteiger partial charge in [0.05, 0.1) is 0 Å². The third-order valence-corrected chi connectivity index (χ3v) is 10.0. The summed E-state index contributed by atoms with van der Waals surface area (Å²) in [5, 5.41) is -20.1.